The summed E-state index contributed by atoms with van der Waals surface area (Å²) in [6, 6.07) is 7.08. The van der Waals surface area contributed by atoms with Gasteiger partial charge in [-0.1, -0.05) is 0 Å². The van der Waals surface area contributed by atoms with E-state index in [4.69, 9.17) is 5.73 Å². The van der Waals surface area contributed by atoms with Crippen molar-refractivity contribution in [3.05, 3.63) is 36.7 Å². The molecule has 0 amide bonds. The Bertz CT molecular complexity index is 468. The fourth-order valence-corrected chi connectivity index (χ4v) is 1.64. The first kappa shape index (κ1) is 16.8. The van der Waals surface area contributed by atoms with Gasteiger partial charge in [0.25, 0.3) is 0 Å². The van der Waals surface area contributed by atoms with Crippen LogP contribution < -0.4 is 5.73 Å². The number of imidazole rings is 1. The maximum absolute atomic E-state index is 9.22. The highest BCUT2D eigenvalue weighted by Gasteiger charge is 2.06. The summed E-state index contributed by atoms with van der Waals surface area (Å²) in [5.74, 6) is 1.13. The Morgan fingerprint density at radius 2 is 1.89 bits per heavy atom. The standard InChI is InChI=1S/C12H15N3O.2ClH/c1-9(13)8-15-7-6-14-12(15)10-2-4-11(16)5-3-10;;/h2-7,9,16H,8,13H2,1H3;2*1H/t9-;;/m0../s1. The van der Waals surface area contributed by atoms with Crippen molar-refractivity contribution in [2.75, 3.05) is 0 Å². The fraction of sp³-hybridized carbons (Fsp3) is 0.250. The number of nitrogens with zero attached hydrogens (tertiary/aromatic N) is 2. The molecule has 18 heavy (non-hydrogen) atoms. The minimum atomic E-state index is 0. The molecule has 100 valence electrons. The number of halogens is 2. The molecule has 0 aliphatic rings. The van der Waals surface area contributed by atoms with Gasteiger partial charge in [0, 0.05) is 30.5 Å². The first-order valence-corrected chi connectivity index (χ1v) is 5.23. The van der Waals surface area contributed by atoms with Gasteiger partial charge < -0.3 is 15.4 Å². The Balaban J connectivity index is 0.00000144. The maximum atomic E-state index is 9.22. The lowest BCUT2D eigenvalue weighted by Gasteiger charge is -2.10. The molecular weight excluding hydrogens is 273 g/mol. The molecule has 0 fully saturated rings. The van der Waals surface area contributed by atoms with Crippen LogP contribution in [0.4, 0.5) is 0 Å². The van der Waals surface area contributed by atoms with Gasteiger partial charge >= 0.3 is 0 Å². The van der Waals surface area contributed by atoms with Gasteiger partial charge in [-0.05, 0) is 31.2 Å². The third kappa shape index (κ3) is 3.91. The average molecular weight is 290 g/mol. The zero-order valence-electron chi connectivity index (χ0n) is 9.98. The molecule has 6 heteroatoms. The van der Waals surface area contributed by atoms with E-state index in [1.54, 1.807) is 18.3 Å². The van der Waals surface area contributed by atoms with Crippen LogP contribution in [0.1, 0.15) is 6.92 Å². The smallest absolute Gasteiger partial charge is 0.139 e. The molecular formula is C12H17Cl2N3O. The Morgan fingerprint density at radius 1 is 1.28 bits per heavy atom. The Hall–Kier alpha value is -1.23. The third-order valence-corrected chi connectivity index (χ3v) is 2.33. The number of phenols is 1. The van der Waals surface area contributed by atoms with E-state index in [1.165, 1.54) is 0 Å². The van der Waals surface area contributed by atoms with Crippen molar-refractivity contribution in [2.45, 2.75) is 19.5 Å². The minimum absolute atomic E-state index is 0. The van der Waals surface area contributed by atoms with Crippen molar-refractivity contribution in [1.29, 1.82) is 0 Å². The molecule has 1 heterocycles. The van der Waals surface area contributed by atoms with Gasteiger partial charge in [0.2, 0.25) is 0 Å². The summed E-state index contributed by atoms with van der Waals surface area (Å²) in [5.41, 5.74) is 6.74. The number of benzene rings is 1. The van der Waals surface area contributed by atoms with Gasteiger partial charge in [-0.3, -0.25) is 0 Å². The summed E-state index contributed by atoms with van der Waals surface area (Å²) < 4.78 is 2.01. The number of aromatic hydroxyl groups is 1. The van der Waals surface area contributed by atoms with Crippen LogP contribution in [0.15, 0.2) is 36.7 Å². The lowest BCUT2D eigenvalue weighted by atomic mass is 10.2. The molecule has 0 unspecified atom stereocenters. The third-order valence-electron chi connectivity index (χ3n) is 2.33. The number of hydrogen-bond donors (Lipinski definition) is 2. The molecule has 4 nitrogen and oxygen atoms in total. The maximum Gasteiger partial charge on any atom is 0.139 e. The largest absolute Gasteiger partial charge is 0.508 e. The second-order valence-electron chi connectivity index (χ2n) is 3.93. The summed E-state index contributed by atoms with van der Waals surface area (Å²) in [5, 5.41) is 9.22. The van der Waals surface area contributed by atoms with Crippen molar-refractivity contribution >= 4 is 24.8 Å². The van der Waals surface area contributed by atoms with E-state index in [-0.39, 0.29) is 36.6 Å². The molecule has 0 saturated carbocycles. The van der Waals surface area contributed by atoms with Gasteiger partial charge in [0.15, 0.2) is 0 Å². The number of aromatic nitrogens is 2. The van der Waals surface area contributed by atoms with Crippen LogP contribution in [0.2, 0.25) is 0 Å². The predicted molar refractivity (Wildman–Crippen MR) is 77.5 cm³/mol. The van der Waals surface area contributed by atoms with Crippen LogP contribution in [0.3, 0.4) is 0 Å². The normalized spacial score (nSPS) is 11.2. The number of phenolic OH excluding ortho intramolecular Hbond substituents is 1. The van der Waals surface area contributed by atoms with Crippen molar-refractivity contribution < 1.29 is 5.11 Å². The Morgan fingerprint density at radius 3 is 2.44 bits per heavy atom. The van der Waals surface area contributed by atoms with E-state index < -0.39 is 0 Å². The summed E-state index contributed by atoms with van der Waals surface area (Å²) in [7, 11) is 0. The molecule has 0 bridgehead atoms. The highest BCUT2D eigenvalue weighted by Crippen LogP contribution is 2.20. The number of rotatable bonds is 3. The SMILES string of the molecule is C[C@H](N)Cn1ccnc1-c1ccc(O)cc1.Cl.Cl. The molecule has 1 atom stereocenters. The van der Waals surface area contributed by atoms with E-state index >= 15 is 0 Å². The Kier molecular flexibility index (Phi) is 6.76. The first-order chi connectivity index (χ1) is 7.66. The molecule has 0 aliphatic carbocycles. The molecule has 1 aromatic heterocycles. The average Bonchev–Trinajstić information content (AvgIpc) is 2.66. The fourth-order valence-electron chi connectivity index (χ4n) is 1.64. The molecule has 3 N–H and O–H groups in total. The van der Waals surface area contributed by atoms with Gasteiger partial charge in [0.1, 0.15) is 11.6 Å². The zero-order chi connectivity index (χ0) is 11.5. The Labute approximate surface area is 119 Å². The van der Waals surface area contributed by atoms with Crippen molar-refractivity contribution in [2.24, 2.45) is 5.73 Å². The summed E-state index contributed by atoms with van der Waals surface area (Å²) in [4.78, 5) is 4.29. The number of nitrogens with two attached hydrogens (primary N) is 1. The minimum Gasteiger partial charge on any atom is -0.508 e. The van der Waals surface area contributed by atoms with Crippen LogP contribution in [-0.4, -0.2) is 20.7 Å². The molecule has 0 aliphatic heterocycles. The molecule has 2 rings (SSSR count). The van der Waals surface area contributed by atoms with Crippen LogP contribution in [0.5, 0.6) is 5.75 Å². The van der Waals surface area contributed by atoms with Crippen molar-refractivity contribution in [3.8, 4) is 17.1 Å². The second kappa shape index (κ2) is 7.26. The highest BCUT2D eigenvalue weighted by molar-refractivity contribution is 5.85. The lowest BCUT2D eigenvalue weighted by Crippen LogP contribution is -2.22. The van der Waals surface area contributed by atoms with Crippen LogP contribution in [0.25, 0.3) is 11.4 Å². The van der Waals surface area contributed by atoms with E-state index in [0.29, 0.717) is 0 Å². The van der Waals surface area contributed by atoms with Crippen LogP contribution >= 0.6 is 24.8 Å². The van der Waals surface area contributed by atoms with Gasteiger partial charge in [-0.25, -0.2) is 4.98 Å². The van der Waals surface area contributed by atoms with E-state index in [0.717, 1.165) is 17.9 Å². The molecule has 2 aromatic rings. The zero-order valence-corrected chi connectivity index (χ0v) is 11.6. The molecule has 0 spiro atoms. The summed E-state index contributed by atoms with van der Waals surface area (Å²) >= 11 is 0. The topological polar surface area (TPSA) is 64.1 Å². The van der Waals surface area contributed by atoms with E-state index in [1.807, 2.05) is 29.8 Å². The van der Waals surface area contributed by atoms with Gasteiger partial charge in [-0.2, -0.15) is 0 Å². The monoisotopic (exact) mass is 289 g/mol. The summed E-state index contributed by atoms with van der Waals surface area (Å²) in [6.45, 7) is 2.69. The first-order valence-electron chi connectivity index (χ1n) is 5.23. The second-order valence-corrected chi connectivity index (χ2v) is 3.93. The predicted octanol–water partition coefficient (Wildman–Crippen LogP) is 2.45. The van der Waals surface area contributed by atoms with Crippen LogP contribution in [0, 0.1) is 0 Å². The van der Waals surface area contributed by atoms with Gasteiger partial charge in [0.05, 0.1) is 0 Å². The van der Waals surface area contributed by atoms with Crippen molar-refractivity contribution in [1.82, 2.24) is 9.55 Å². The highest BCUT2D eigenvalue weighted by atomic mass is 35.5. The number of hydrogen-bond acceptors (Lipinski definition) is 3. The van der Waals surface area contributed by atoms with Gasteiger partial charge in [-0.15, -0.1) is 24.8 Å². The summed E-state index contributed by atoms with van der Waals surface area (Å²) in [6.07, 6.45) is 3.66. The van der Waals surface area contributed by atoms with E-state index in [9.17, 15) is 5.11 Å². The van der Waals surface area contributed by atoms with E-state index in [2.05, 4.69) is 4.98 Å². The molecule has 1 aromatic carbocycles. The van der Waals surface area contributed by atoms with Crippen molar-refractivity contribution in [3.63, 3.8) is 0 Å². The quantitative estimate of drug-likeness (QED) is 0.912. The molecule has 0 radical (unpaired) electrons. The lowest BCUT2D eigenvalue weighted by molar-refractivity contribution is 0.475. The molecule has 0 saturated heterocycles. The van der Waals surface area contributed by atoms with Crippen LogP contribution in [-0.2, 0) is 6.54 Å².